The molecule has 0 aliphatic heterocycles. The number of aromatic nitrogens is 1. The maximum Gasteiger partial charge on any atom is 0.133 e. The number of pyridine rings is 1. The van der Waals surface area contributed by atoms with E-state index in [-0.39, 0.29) is 6.04 Å². The lowest BCUT2D eigenvalue weighted by molar-refractivity contribution is 0.737. The largest absolute Gasteiger partial charge is 0.328 e. The Bertz CT molecular complexity index is 521. The Hall–Kier alpha value is -1.12. The molecule has 0 saturated carbocycles. The van der Waals surface area contributed by atoms with Crippen LogP contribution in [-0.4, -0.2) is 11.0 Å². The van der Waals surface area contributed by atoms with Crippen LogP contribution in [0.1, 0.15) is 18.1 Å². The minimum absolute atomic E-state index is 0.0993. The van der Waals surface area contributed by atoms with Gasteiger partial charge < -0.3 is 5.73 Å². The number of hydrogen-bond acceptors (Lipinski definition) is 2. The number of nitrogens with two attached hydrogens (primary N) is 1. The first-order valence-electron chi connectivity index (χ1n) is 5.37. The summed E-state index contributed by atoms with van der Waals surface area (Å²) in [5, 5.41) is 1.68. The molecule has 0 radical (unpaired) electrons. The van der Waals surface area contributed by atoms with Crippen LogP contribution < -0.4 is 5.73 Å². The van der Waals surface area contributed by atoms with Crippen molar-refractivity contribution in [2.75, 3.05) is 0 Å². The summed E-state index contributed by atoms with van der Waals surface area (Å²) in [6, 6.07) is 8.36. The predicted molar refractivity (Wildman–Crippen MR) is 68.8 cm³/mol. The fraction of sp³-hybridized carbons (Fsp3) is 0.308. The third kappa shape index (κ3) is 2.34. The first kappa shape index (κ1) is 11.4. The van der Waals surface area contributed by atoms with Gasteiger partial charge >= 0.3 is 0 Å². The number of aryl methyl sites for hydroxylation is 1. The quantitative estimate of drug-likeness (QED) is 0.811. The van der Waals surface area contributed by atoms with Crippen molar-refractivity contribution in [1.29, 1.82) is 0 Å². The molecule has 2 nitrogen and oxygen atoms in total. The zero-order chi connectivity index (χ0) is 11.7. The van der Waals surface area contributed by atoms with Crippen LogP contribution in [0.5, 0.6) is 0 Å². The summed E-state index contributed by atoms with van der Waals surface area (Å²) in [5.74, 6) is 0. The van der Waals surface area contributed by atoms with E-state index in [4.69, 9.17) is 17.3 Å². The average molecular weight is 235 g/mol. The van der Waals surface area contributed by atoms with Gasteiger partial charge in [-0.25, -0.2) is 4.98 Å². The van der Waals surface area contributed by atoms with Gasteiger partial charge in [0.2, 0.25) is 0 Å². The molecular formula is C13H15ClN2. The van der Waals surface area contributed by atoms with Crippen molar-refractivity contribution in [2.24, 2.45) is 5.73 Å². The molecule has 3 heteroatoms. The molecule has 1 aromatic heterocycles. The monoisotopic (exact) mass is 234 g/mol. The standard InChI is InChI=1S/C13H15ClN2/c1-8-3-4-10-7-11(6-9(2)15)13(14)16-12(10)5-8/h3-5,7,9H,6,15H2,1-2H3. The number of benzene rings is 1. The van der Waals surface area contributed by atoms with Crippen LogP contribution >= 0.6 is 11.6 Å². The molecule has 1 aromatic carbocycles. The molecule has 16 heavy (non-hydrogen) atoms. The lowest BCUT2D eigenvalue weighted by Gasteiger charge is -2.08. The number of nitrogens with zero attached hydrogens (tertiary/aromatic N) is 1. The van der Waals surface area contributed by atoms with Crippen LogP contribution in [0.15, 0.2) is 24.3 Å². The third-order valence-electron chi connectivity index (χ3n) is 2.54. The van der Waals surface area contributed by atoms with Gasteiger partial charge in [0.25, 0.3) is 0 Å². The molecule has 0 bridgehead atoms. The molecule has 1 heterocycles. The van der Waals surface area contributed by atoms with E-state index in [1.54, 1.807) is 0 Å². The first-order chi connectivity index (χ1) is 7.56. The highest BCUT2D eigenvalue weighted by molar-refractivity contribution is 6.30. The molecule has 0 spiro atoms. The fourth-order valence-electron chi connectivity index (χ4n) is 1.79. The smallest absolute Gasteiger partial charge is 0.133 e. The second-order valence-electron chi connectivity index (χ2n) is 4.32. The molecule has 0 aliphatic carbocycles. The Kier molecular flexibility index (Phi) is 3.13. The highest BCUT2D eigenvalue weighted by atomic mass is 35.5. The fourth-order valence-corrected chi connectivity index (χ4v) is 2.01. The Morgan fingerprint density at radius 1 is 1.38 bits per heavy atom. The maximum atomic E-state index is 6.13. The van der Waals surface area contributed by atoms with Gasteiger partial charge in [0.1, 0.15) is 5.15 Å². The third-order valence-corrected chi connectivity index (χ3v) is 2.87. The Morgan fingerprint density at radius 3 is 2.81 bits per heavy atom. The molecule has 2 aromatic rings. The van der Waals surface area contributed by atoms with Crippen molar-refractivity contribution in [3.05, 3.63) is 40.5 Å². The van der Waals surface area contributed by atoms with Gasteiger partial charge in [-0.15, -0.1) is 0 Å². The first-order valence-corrected chi connectivity index (χ1v) is 5.75. The van der Waals surface area contributed by atoms with Crippen molar-refractivity contribution in [1.82, 2.24) is 4.98 Å². The van der Waals surface area contributed by atoms with E-state index in [0.29, 0.717) is 5.15 Å². The average Bonchev–Trinajstić information content (AvgIpc) is 2.19. The van der Waals surface area contributed by atoms with Crippen molar-refractivity contribution in [2.45, 2.75) is 26.3 Å². The van der Waals surface area contributed by atoms with E-state index >= 15 is 0 Å². The van der Waals surface area contributed by atoms with Gasteiger partial charge in [0, 0.05) is 11.4 Å². The number of halogens is 1. The van der Waals surface area contributed by atoms with Gasteiger partial charge in [-0.3, -0.25) is 0 Å². The van der Waals surface area contributed by atoms with Crippen LogP contribution in [0.4, 0.5) is 0 Å². The summed E-state index contributed by atoms with van der Waals surface area (Å²) in [5.41, 5.74) is 8.93. The van der Waals surface area contributed by atoms with Gasteiger partial charge in [-0.2, -0.15) is 0 Å². The maximum absolute atomic E-state index is 6.13. The Morgan fingerprint density at radius 2 is 2.12 bits per heavy atom. The summed E-state index contributed by atoms with van der Waals surface area (Å²) < 4.78 is 0. The van der Waals surface area contributed by atoms with Crippen LogP contribution in [-0.2, 0) is 6.42 Å². The van der Waals surface area contributed by atoms with Crippen LogP contribution in [0.25, 0.3) is 10.9 Å². The molecular weight excluding hydrogens is 220 g/mol. The lowest BCUT2D eigenvalue weighted by atomic mass is 10.1. The molecule has 2 N–H and O–H groups in total. The highest BCUT2D eigenvalue weighted by Gasteiger charge is 2.07. The SMILES string of the molecule is Cc1ccc2cc(CC(C)N)c(Cl)nc2c1. The summed E-state index contributed by atoms with van der Waals surface area (Å²) in [6.45, 7) is 4.01. The minimum atomic E-state index is 0.0993. The number of hydrogen-bond donors (Lipinski definition) is 1. The number of fused-ring (bicyclic) bond motifs is 1. The summed E-state index contributed by atoms with van der Waals surface area (Å²) in [6.07, 6.45) is 0.760. The topological polar surface area (TPSA) is 38.9 Å². The van der Waals surface area contributed by atoms with Crippen LogP contribution in [0, 0.1) is 6.92 Å². The van der Waals surface area contributed by atoms with Gasteiger partial charge in [-0.05, 0) is 43.5 Å². The molecule has 2 rings (SSSR count). The molecule has 0 fully saturated rings. The van der Waals surface area contributed by atoms with Crippen molar-refractivity contribution in [3.63, 3.8) is 0 Å². The van der Waals surface area contributed by atoms with Crippen molar-refractivity contribution in [3.8, 4) is 0 Å². The van der Waals surface area contributed by atoms with E-state index in [9.17, 15) is 0 Å². The second kappa shape index (κ2) is 4.40. The van der Waals surface area contributed by atoms with Crippen molar-refractivity contribution < 1.29 is 0 Å². The van der Waals surface area contributed by atoms with Gasteiger partial charge in [-0.1, -0.05) is 23.7 Å². The zero-order valence-electron chi connectivity index (χ0n) is 9.50. The normalized spacial score (nSPS) is 13.0. The summed E-state index contributed by atoms with van der Waals surface area (Å²) in [4.78, 5) is 4.40. The zero-order valence-corrected chi connectivity index (χ0v) is 10.3. The Balaban J connectivity index is 2.54. The second-order valence-corrected chi connectivity index (χ2v) is 4.67. The van der Waals surface area contributed by atoms with Crippen LogP contribution in [0.3, 0.4) is 0 Å². The van der Waals surface area contributed by atoms with E-state index in [2.05, 4.69) is 23.2 Å². The molecule has 0 aliphatic rings. The summed E-state index contributed by atoms with van der Waals surface area (Å²) in [7, 11) is 0. The van der Waals surface area contributed by atoms with Gasteiger partial charge in [0.05, 0.1) is 5.52 Å². The molecule has 1 atom stereocenters. The van der Waals surface area contributed by atoms with Crippen LogP contribution in [0.2, 0.25) is 5.15 Å². The Labute approximate surface area is 100 Å². The van der Waals surface area contributed by atoms with E-state index in [1.165, 1.54) is 5.56 Å². The van der Waals surface area contributed by atoms with Gasteiger partial charge in [0.15, 0.2) is 0 Å². The highest BCUT2D eigenvalue weighted by Crippen LogP contribution is 2.22. The molecule has 1 unspecified atom stereocenters. The lowest BCUT2D eigenvalue weighted by Crippen LogP contribution is -2.18. The van der Waals surface area contributed by atoms with E-state index in [1.807, 2.05) is 19.9 Å². The molecule has 0 amide bonds. The minimum Gasteiger partial charge on any atom is -0.328 e. The predicted octanol–water partition coefficient (Wildman–Crippen LogP) is 3.09. The molecule has 0 saturated heterocycles. The molecule has 84 valence electrons. The van der Waals surface area contributed by atoms with Crippen molar-refractivity contribution >= 4 is 22.5 Å². The van der Waals surface area contributed by atoms with E-state index < -0.39 is 0 Å². The van der Waals surface area contributed by atoms with E-state index in [0.717, 1.165) is 22.9 Å². The number of rotatable bonds is 2. The summed E-state index contributed by atoms with van der Waals surface area (Å²) >= 11 is 6.13.